The van der Waals surface area contributed by atoms with Gasteiger partial charge < -0.3 is 4.74 Å². The molecule has 20 heavy (non-hydrogen) atoms. The molecule has 1 unspecified atom stereocenters. The molecule has 1 saturated heterocycles. The summed E-state index contributed by atoms with van der Waals surface area (Å²) in [6.45, 7) is 3.24. The van der Waals surface area contributed by atoms with Crippen LogP contribution in [-0.2, 0) is 4.74 Å². The topological polar surface area (TPSA) is 12.5 Å². The zero-order chi connectivity index (χ0) is 14.3. The molecular weight excluding hydrogens is 244 g/mol. The van der Waals surface area contributed by atoms with Gasteiger partial charge in [0.1, 0.15) is 0 Å². The van der Waals surface area contributed by atoms with Crippen molar-refractivity contribution in [2.75, 3.05) is 6.61 Å². The summed E-state index contributed by atoms with van der Waals surface area (Å²) in [5.41, 5.74) is 0. The highest BCUT2D eigenvalue weighted by Crippen LogP contribution is 2.14. The Hall–Kier alpha value is -0.300. The minimum absolute atomic E-state index is 0.469. The lowest BCUT2D eigenvalue weighted by Crippen LogP contribution is -1.83. The molecule has 0 spiro atoms. The zero-order valence-electron chi connectivity index (χ0n) is 13.7. The Morgan fingerprint density at radius 1 is 0.750 bits per heavy atom. The molecular formula is C19H36O. The molecule has 1 atom stereocenters. The van der Waals surface area contributed by atoms with Gasteiger partial charge >= 0.3 is 0 Å². The molecule has 0 amide bonds. The predicted molar refractivity (Wildman–Crippen MR) is 89.2 cm³/mol. The van der Waals surface area contributed by atoms with Crippen molar-refractivity contribution in [1.29, 1.82) is 0 Å². The van der Waals surface area contributed by atoms with E-state index < -0.39 is 0 Å². The molecule has 0 saturated carbocycles. The summed E-state index contributed by atoms with van der Waals surface area (Å²) in [6.07, 6.45) is 24.9. The number of ether oxygens (including phenoxy) is 1. The van der Waals surface area contributed by atoms with E-state index in [0.717, 1.165) is 6.61 Å². The van der Waals surface area contributed by atoms with E-state index in [4.69, 9.17) is 4.74 Å². The number of epoxide rings is 1. The average molecular weight is 280 g/mol. The van der Waals surface area contributed by atoms with Crippen molar-refractivity contribution >= 4 is 0 Å². The third kappa shape index (κ3) is 12.7. The fraction of sp³-hybridized carbons (Fsp3) is 0.895. The van der Waals surface area contributed by atoms with Crippen LogP contribution >= 0.6 is 0 Å². The van der Waals surface area contributed by atoms with Gasteiger partial charge in [0.2, 0.25) is 0 Å². The van der Waals surface area contributed by atoms with Gasteiger partial charge in [-0.05, 0) is 12.8 Å². The van der Waals surface area contributed by atoms with Crippen LogP contribution < -0.4 is 0 Å². The van der Waals surface area contributed by atoms with Crippen LogP contribution in [0.2, 0.25) is 0 Å². The predicted octanol–water partition coefficient (Wildman–Crippen LogP) is 6.42. The molecule has 0 N–H and O–H groups in total. The zero-order valence-corrected chi connectivity index (χ0v) is 13.7. The minimum atomic E-state index is 0.469. The Morgan fingerprint density at radius 3 is 1.65 bits per heavy atom. The van der Waals surface area contributed by atoms with Crippen LogP contribution in [-0.4, -0.2) is 12.7 Å². The normalized spacial score (nSPS) is 17.9. The largest absolute Gasteiger partial charge is 0.369 e. The summed E-state index contributed by atoms with van der Waals surface area (Å²) in [6, 6.07) is 0. The lowest BCUT2D eigenvalue weighted by atomic mass is 10.0. The van der Waals surface area contributed by atoms with Crippen LogP contribution in [0.5, 0.6) is 0 Å². The van der Waals surface area contributed by atoms with Gasteiger partial charge in [-0.25, -0.2) is 0 Å². The number of hydrogen-bond donors (Lipinski definition) is 0. The molecule has 1 heterocycles. The number of allylic oxidation sites excluding steroid dienone is 1. The molecule has 1 nitrogen and oxygen atoms in total. The van der Waals surface area contributed by atoms with Gasteiger partial charge in [-0.15, -0.1) is 0 Å². The highest BCUT2D eigenvalue weighted by atomic mass is 16.6. The molecule has 0 aromatic rings. The van der Waals surface area contributed by atoms with Gasteiger partial charge in [-0.2, -0.15) is 0 Å². The SMILES string of the molecule is CCCCCCCCCCCCCCCC=CC1CO1. The first-order chi connectivity index (χ1) is 9.93. The van der Waals surface area contributed by atoms with E-state index in [1.807, 2.05) is 0 Å². The van der Waals surface area contributed by atoms with E-state index in [-0.39, 0.29) is 0 Å². The maximum atomic E-state index is 5.14. The van der Waals surface area contributed by atoms with Crippen LogP contribution in [0.15, 0.2) is 12.2 Å². The standard InChI is InChI=1S/C19H36O/c1-2-3-4-5-6-7-8-9-10-11-12-13-14-15-16-17-19-18-20-19/h16-17,19H,2-15,18H2,1H3. The molecule has 1 rings (SSSR count). The van der Waals surface area contributed by atoms with Crippen LogP contribution in [0.25, 0.3) is 0 Å². The van der Waals surface area contributed by atoms with Crippen molar-refractivity contribution in [1.82, 2.24) is 0 Å². The lowest BCUT2D eigenvalue weighted by molar-refractivity contribution is 0.439. The second kappa shape index (κ2) is 13.7. The summed E-state index contributed by atoms with van der Waals surface area (Å²) in [4.78, 5) is 0. The first-order valence-corrected chi connectivity index (χ1v) is 9.21. The Kier molecular flexibility index (Phi) is 12.1. The van der Waals surface area contributed by atoms with Crippen molar-refractivity contribution < 1.29 is 4.74 Å². The minimum Gasteiger partial charge on any atom is -0.369 e. The Labute approximate surface area is 127 Å². The van der Waals surface area contributed by atoms with Gasteiger partial charge in [0.05, 0.1) is 12.7 Å². The quantitative estimate of drug-likeness (QED) is 0.191. The molecule has 118 valence electrons. The summed E-state index contributed by atoms with van der Waals surface area (Å²) in [5.74, 6) is 0. The molecule has 0 radical (unpaired) electrons. The highest BCUT2D eigenvalue weighted by molar-refractivity contribution is 4.95. The van der Waals surface area contributed by atoms with Crippen molar-refractivity contribution in [3.05, 3.63) is 12.2 Å². The third-order valence-electron chi connectivity index (χ3n) is 4.18. The molecule has 0 bridgehead atoms. The van der Waals surface area contributed by atoms with E-state index in [9.17, 15) is 0 Å². The Bertz CT molecular complexity index is 218. The first-order valence-electron chi connectivity index (χ1n) is 9.21. The van der Waals surface area contributed by atoms with Crippen molar-refractivity contribution in [3.63, 3.8) is 0 Å². The Morgan fingerprint density at radius 2 is 1.20 bits per heavy atom. The van der Waals surface area contributed by atoms with Crippen molar-refractivity contribution in [2.24, 2.45) is 0 Å². The molecule has 0 aromatic heterocycles. The molecule has 1 fully saturated rings. The second-order valence-electron chi connectivity index (χ2n) is 6.33. The highest BCUT2D eigenvalue weighted by Gasteiger charge is 2.17. The maximum absolute atomic E-state index is 5.14. The van der Waals surface area contributed by atoms with Crippen LogP contribution in [0.1, 0.15) is 96.8 Å². The monoisotopic (exact) mass is 280 g/mol. The van der Waals surface area contributed by atoms with E-state index in [0.29, 0.717) is 6.10 Å². The molecule has 0 aromatic carbocycles. The fourth-order valence-electron chi connectivity index (χ4n) is 2.69. The smallest absolute Gasteiger partial charge is 0.0991 e. The molecule has 1 aliphatic rings. The molecule has 0 aliphatic carbocycles. The van der Waals surface area contributed by atoms with Crippen molar-refractivity contribution in [3.8, 4) is 0 Å². The van der Waals surface area contributed by atoms with Crippen LogP contribution in [0, 0.1) is 0 Å². The summed E-state index contributed by atoms with van der Waals surface area (Å²) in [7, 11) is 0. The second-order valence-corrected chi connectivity index (χ2v) is 6.33. The van der Waals surface area contributed by atoms with Crippen molar-refractivity contribution in [2.45, 2.75) is 103 Å². The van der Waals surface area contributed by atoms with Gasteiger partial charge in [0.15, 0.2) is 0 Å². The number of rotatable bonds is 15. The lowest BCUT2D eigenvalue weighted by Gasteiger charge is -2.02. The average Bonchev–Trinajstić information content (AvgIpc) is 3.27. The summed E-state index contributed by atoms with van der Waals surface area (Å²) >= 11 is 0. The van der Waals surface area contributed by atoms with E-state index in [1.54, 1.807) is 0 Å². The van der Waals surface area contributed by atoms with E-state index in [1.165, 1.54) is 89.9 Å². The third-order valence-corrected chi connectivity index (χ3v) is 4.18. The Balaban J connectivity index is 1.64. The fourth-order valence-corrected chi connectivity index (χ4v) is 2.69. The van der Waals surface area contributed by atoms with Gasteiger partial charge in [-0.1, -0.05) is 96.1 Å². The van der Waals surface area contributed by atoms with Gasteiger partial charge in [-0.3, -0.25) is 0 Å². The maximum Gasteiger partial charge on any atom is 0.0991 e. The van der Waals surface area contributed by atoms with E-state index in [2.05, 4.69) is 19.1 Å². The number of hydrogen-bond acceptors (Lipinski definition) is 1. The van der Waals surface area contributed by atoms with Gasteiger partial charge in [0.25, 0.3) is 0 Å². The first kappa shape index (κ1) is 17.8. The van der Waals surface area contributed by atoms with Crippen LogP contribution in [0.4, 0.5) is 0 Å². The molecule has 1 heteroatoms. The summed E-state index contributed by atoms with van der Waals surface area (Å²) < 4.78 is 5.14. The summed E-state index contributed by atoms with van der Waals surface area (Å²) in [5, 5.41) is 0. The molecule has 1 aliphatic heterocycles. The van der Waals surface area contributed by atoms with Crippen LogP contribution in [0.3, 0.4) is 0 Å². The van der Waals surface area contributed by atoms with E-state index >= 15 is 0 Å². The van der Waals surface area contributed by atoms with Gasteiger partial charge in [0, 0.05) is 0 Å². The number of unbranched alkanes of at least 4 members (excludes halogenated alkanes) is 13.